The van der Waals surface area contributed by atoms with Crippen LogP contribution in [0.25, 0.3) is 0 Å². The monoisotopic (exact) mass is 218 g/mol. The van der Waals surface area contributed by atoms with Crippen LogP contribution in [-0.2, 0) is 0 Å². The molecule has 0 rings (SSSR count). The predicted molar refractivity (Wildman–Crippen MR) is 58.6 cm³/mol. The number of nitrogens with one attached hydrogen (secondary N) is 2. The molecule has 4 N–H and O–H groups in total. The van der Waals surface area contributed by atoms with Crippen LogP contribution in [0.5, 0.6) is 0 Å². The summed E-state index contributed by atoms with van der Waals surface area (Å²) in [5, 5.41) is 23.4. The SMILES string of the molecule is CCCCNC(=O)NC(CC)(CO)CO. The molecule has 0 saturated heterocycles. The summed E-state index contributed by atoms with van der Waals surface area (Å²) in [6, 6.07) is -0.339. The Morgan fingerprint density at radius 2 is 1.87 bits per heavy atom. The summed E-state index contributed by atoms with van der Waals surface area (Å²) < 4.78 is 0. The molecule has 0 aromatic heterocycles. The van der Waals surface area contributed by atoms with Gasteiger partial charge in [-0.2, -0.15) is 0 Å². The largest absolute Gasteiger partial charge is 0.394 e. The Labute approximate surface area is 90.9 Å². The molecular weight excluding hydrogens is 196 g/mol. The first-order chi connectivity index (χ1) is 7.14. The van der Waals surface area contributed by atoms with Crippen LogP contribution < -0.4 is 10.6 Å². The van der Waals surface area contributed by atoms with E-state index in [0.29, 0.717) is 13.0 Å². The first-order valence-corrected chi connectivity index (χ1v) is 5.42. The van der Waals surface area contributed by atoms with E-state index in [1.54, 1.807) is 6.92 Å². The molecule has 0 heterocycles. The molecule has 0 atom stereocenters. The molecule has 0 aliphatic heterocycles. The van der Waals surface area contributed by atoms with E-state index < -0.39 is 5.54 Å². The van der Waals surface area contributed by atoms with E-state index in [-0.39, 0.29) is 19.2 Å². The van der Waals surface area contributed by atoms with Gasteiger partial charge in [0.1, 0.15) is 0 Å². The van der Waals surface area contributed by atoms with E-state index in [0.717, 1.165) is 12.8 Å². The number of carbonyl (C=O) groups is 1. The Morgan fingerprint density at radius 1 is 1.27 bits per heavy atom. The molecule has 0 aliphatic carbocycles. The zero-order chi connectivity index (χ0) is 11.7. The van der Waals surface area contributed by atoms with Gasteiger partial charge in [-0.15, -0.1) is 0 Å². The highest BCUT2D eigenvalue weighted by atomic mass is 16.3. The van der Waals surface area contributed by atoms with Crippen molar-refractivity contribution < 1.29 is 15.0 Å². The third kappa shape index (κ3) is 4.99. The van der Waals surface area contributed by atoms with Crippen molar-refractivity contribution in [3.05, 3.63) is 0 Å². The predicted octanol–water partition coefficient (Wildman–Crippen LogP) is 0.219. The van der Waals surface area contributed by atoms with Crippen molar-refractivity contribution in [2.45, 2.75) is 38.6 Å². The Bertz CT molecular complexity index is 173. The second-order valence-corrected chi connectivity index (χ2v) is 3.68. The number of hydrogen-bond donors (Lipinski definition) is 4. The van der Waals surface area contributed by atoms with Crippen molar-refractivity contribution in [3.8, 4) is 0 Å². The minimum Gasteiger partial charge on any atom is -0.394 e. The Kier molecular flexibility index (Phi) is 7.07. The molecule has 2 amide bonds. The normalized spacial score (nSPS) is 11.2. The second kappa shape index (κ2) is 7.48. The molecule has 5 heteroatoms. The molecule has 0 bridgehead atoms. The van der Waals surface area contributed by atoms with Crippen LogP contribution in [0, 0.1) is 0 Å². The van der Waals surface area contributed by atoms with Crippen LogP contribution in [0.2, 0.25) is 0 Å². The van der Waals surface area contributed by atoms with E-state index in [9.17, 15) is 4.79 Å². The number of amides is 2. The highest BCUT2D eigenvalue weighted by Crippen LogP contribution is 2.07. The van der Waals surface area contributed by atoms with Crippen molar-refractivity contribution in [3.63, 3.8) is 0 Å². The lowest BCUT2D eigenvalue weighted by Crippen LogP contribution is -2.56. The molecular formula is C10H22N2O3. The van der Waals surface area contributed by atoms with Crippen molar-refractivity contribution >= 4 is 6.03 Å². The van der Waals surface area contributed by atoms with Gasteiger partial charge in [-0.25, -0.2) is 4.79 Å². The molecule has 0 radical (unpaired) electrons. The van der Waals surface area contributed by atoms with Gasteiger partial charge in [0, 0.05) is 6.54 Å². The molecule has 0 aromatic carbocycles. The molecule has 0 unspecified atom stereocenters. The molecule has 0 saturated carbocycles. The number of aliphatic hydroxyl groups is 2. The number of aliphatic hydroxyl groups excluding tert-OH is 2. The maximum Gasteiger partial charge on any atom is 0.315 e. The van der Waals surface area contributed by atoms with E-state index in [4.69, 9.17) is 10.2 Å². The zero-order valence-corrected chi connectivity index (χ0v) is 9.55. The quantitative estimate of drug-likeness (QED) is 0.461. The highest BCUT2D eigenvalue weighted by molar-refractivity contribution is 5.74. The van der Waals surface area contributed by atoms with Crippen molar-refractivity contribution in [1.29, 1.82) is 0 Å². The van der Waals surface area contributed by atoms with Crippen molar-refractivity contribution in [2.75, 3.05) is 19.8 Å². The number of rotatable bonds is 7. The second-order valence-electron chi connectivity index (χ2n) is 3.68. The van der Waals surface area contributed by atoms with Crippen LogP contribution in [0.15, 0.2) is 0 Å². The van der Waals surface area contributed by atoms with Crippen LogP contribution in [-0.4, -0.2) is 41.5 Å². The van der Waals surface area contributed by atoms with Gasteiger partial charge in [-0.05, 0) is 12.8 Å². The summed E-state index contributed by atoms with van der Waals surface area (Å²) >= 11 is 0. The Balaban J connectivity index is 4.00. The van der Waals surface area contributed by atoms with Gasteiger partial charge in [-0.3, -0.25) is 0 Å². The van der Waals surface area contributed by atoms with Gasteiger partial charge in [0.2, 0.25) is 0 Å². The van der Waals surface area contributed by atoms with E-state index in [1.165, 1.54) is 0 Å². The van der Waals surface area contributed by atoms with Gasteiger partial charge in [0.05, 0.1) is 18.8 Å². The number of hydrogen-bond acceptors (Lipinski definition) is 3. The summed E-state index contributed by atoms with van der Waals surface area (Å²) in [4.78, 5) is 11.4. The van der Waals surface area contributed by atoms with Crippen LogP contribution in [0.4, 0.5) is 4.79 Å². The fraction of sp³-hybridized carbons (Fsp3) is 0.900. The summed E-state index contributed by atoms with van der Waals surface area (Å²) in [7, 11) is 0. The fourth-order valence-corrected chi connectivity index (χ4v) is 1.10. The van der Waals surface area contributed by atoms with Crippen molar-refractivity contribution in [1.82, 2.24) is 10.6 Å². The minimum atomic E-state index is -0.906. The van der Waals surface area contributed by atoms with Crippen LogP contribution in [0.3, 0.4) is 0 Å². The summed E-state index contributed by atoms with van der Waals surface area (Å²) in [5.74, 6) is 0. The topological polar surface area (TPSA) is 81.6 Å². The highest BCUT2D eigenvalue weighted by Gasteiger charge is 2.28. The third-order valence-corrected chi connectivity index (χ3v) is 2.48. The minimum absolute atomic E-state index is 0.263. The molecule has 0 aliphatic rings. The number of unbranched alkanes of at least 4 members (excludes halogenated alkanes) is 1. The fourth-order valence-electron chi connectivity index (χ4n) is 1.10. The number of carbonyl (C=O) groups excluding carboxylic acids is 1. The van der Waals surface area contributed by atoms with Crippen molar-refractivity contribution in [2.24, 2.45) is 0 Å². The maximum atomic E-state index is 11.4. The molecule has 0 spiro atoms. The zero-order valence-electron chi connectivity index (χ0n) is 9.55. The standard InChI is InChI=1S/C10H22N2O3/c1-3-5-6-11-9(15)12-10(4-2,7-13)8-14/h13-14H,3-8H2,1-2H3,(H2,11,12,15). The van der Waals surface area contributed by atoms with E-state index >= 15 is 0 Å². The average molecular weight is 218 g/mol. The van der Waals surface area contributed by atoms with Gasteiger partial charge >= 0.3 is 6.03 Å². The Hall–Kier alpha value is -0.810. The Morgan fingerprint density at radius 3 is 2.27 bits per heavy atom. The average Bonchev–Trinajstić information content (AvgIpc) is 2.26. The summed E-state index contributed by atoms with van der Waals surface area (Å²) in [5.41, 5.74) is -0.906. The molecule has 5 nitrogen and oxygen atoms in total. The lowest BCUT2D eigenvalue weighted by atomic mass is 9.99. The maximum absolute atomic E-state index is 11.4. The van der Waals surface area contributed by atoms with Gasteiger partial charge < -0.3 is 20.8 Å². The summed E-state index contributed by atoms with van der Waals surface area (Å²) in [6.07, 6.45) is 2.42. The first-order valence-electron chi connectivity index (χ1n) is 5.42. The molecule has 0 fully saturated rings. The number of urea groups is 1. The molecule has 90 valence electrons. The first kappa shape index (κ1) is 14.2. The van der Waals surface area contributed by atoms with Gasteiger partial charge in [0.25, 0.3) is 0 Å². The van der Waals surface area contributed by atoms with Gasteiger partial charge in [0.15, 0.2) is 0 Å². The smallest absolute Gasteiger partial charge is 0.315 e. The lowest BCUT2D eigenvalue weighted by molar-refractivity contribution is 0.0935. The molecule has 0 aromatic rings. The van der Waals surface area contributed by atoms with Crippen LogP contribution in [0.1, 0.15) is 33.1 Å². The van der Waals surface area contributed by atoms with Crippen LogP contribution >= 0.6 is 0 Å². The third-order valence-electron chi connectivity index (χ3n) is 2.48. The van der Waals surface area contributed by atoms with E-state index in [2.05, 4.69) is 10.6 Å². The lowest BCUT2D eigenvalue weighted by Gasteiger charge is -2.29. The van der Waals surface area contributed by atoms with Gasteiger partial charge in [-0.1, -0.05) is 20.3 Å². The van der Waals surface area contributed by atoms with E-state index in [1.807, 2.05) is 6.92 Å². The molecule has 15 heavy (non-hydrogen) atoms. The summed E-state index contributed by atoms with van der Waals surface area (Å²) in [6.45, 7) is 3.93.